The van der Waals surface area contributed by atoms with Gasteiger partial charge in [-0.2, -0.15) is 10.4 Å². The molecule has 3 heterocycles. The number of carbonyl (C=O) groups excluding carboxylic acids is 1. The van der Waals surface area contributed by atoms with Crippen molar-refractivity contribution in [1.82, 2.24) is 24.2 Å². The van der Waals surface area contributed by atoms with E-state index in [2.05, 4.69) is 32.6 Å². The molecule has 0 bridgehead atoms. The number of likely N-dealkylation sites (tertiary alicyclic amines) is 1. The minimum atomic E-state index is -1.09. The minimum absolute atomic E-state index is 0.0764. The molecule has 3 aromatic rings. The third kappa shape index (κ3) is 6.12. The van der Waals surface area contributed by atoms with Crippen LogP contribution >= 0.6 is 11.6 Å². The van der Waals surface area contributed by atoms with Gasteiger partial charge in [-0.1, -0.05) is 17.5 Å². The number of benzene rings is 1. The molecule has 1 saturated heterocycles. The number of hydrogen-bond donors (Lipinski definition) is 1. The van der Waals surface area contributed by atoms with Crippen molar-refractivity contribution in [3.05, 3.63) is 40.3 Å². The van der Waals surface area contributed by atoms with E-state index < -0.39 is 29.9 Å². The maximum atomic E-state index is 13.3. The fourth-order valence-electron chi connectivity index (χ4n) is 5.38. The van der Waals surface area contributed by atoms with E-state index in [4.69, 9.17) is 21.1 Å². The molecule has 1 aromatic carbocycles. The van der Waals surface area contributed by atoms with Gasteiger partial charge in [0.05, 0.1) is 41.1 Å². The van der Waals surface area contributed by atoms with Crippen molar-refractivity contribution in [3.63, 3.8) is 0 Å². The number of rotatable bonds is 6. The molecule has 2 amide bonds. The number of fused-ring (bicyclic) bond motifs is 1. The molecule has 0 unspecified atom stereocenters. The summed E-state index contributed by atoms with van der Waals surface area (Å²) >= 11 is 6.63. The normalized spacial score (nSPS) is 18.3. The number of amides is 2. The van der Waals surface area contributed by atoms with Crippen LogP contribution in [0.25, 0.3) is 11.0 Å². The van der Waals surface area contributed by atoms with E-state index in [0.29, 0.717) is 23.0 Å². The summed E-state index contributed by atoms with van der Waals surface area (Å²) in [6, 6.07) is 5.36. The first-order valence-corrected chi connectivity index (χ1v) is 14.5. The van der Waals surface area contributed by atoms with E-state index in [0.717, 1.165) is 23.9 Å². The summed E-state index contributed by atoms with van der Waals surface area (Å²) in [7, 11) is 1.51. The second-order valence-electron chi connectivity index (χ2n) is 11.7. The Kier molecular flexibility index (Phi) is 8.28. The van der Waals surface area contributed by atoms with Crippen LogP contribution in [0, 0.1) is 23.2 Å². The Morgan fingerprint density at radius 3 is 2.58 bits per heavy atom. The summed E-state index contributed by atoms with van der Waals surface area (Å²) in [6.45, 7) is 7.48. The van der Waals surface area contributed by atoms with Crippen LogP contribution in [0.2, 0.25) is 5.02 Å². The molecule has 2 aromatic heterocycles. The van der Waals surface area contributed by atoms with Crippen LogP contribution in [0.4, 0.5) is 15.4 Å². The molecule has 43 heavy (non-hydrogen) atoms. The molecule has 2 fully saturated rings. The summed E-state index contributed by atoms with van der Waals surface area (Å²) in [5.41, 5.74) is 1.65. The summed E-state index contributed by atoms with van der Waals surface area (Å²) in [4.78, 5) is 32.5. The van der Waals surface area contributed by atoms with Crippen molar-refractivity contribution < 1.29 is 24.2 Å². The van der Waals surface area contributed by atoms with E-state index in [-0.39, 0.29) is 36.8 Å². The summed E-state index contributed by atoms with van der Waals surface area (Å²) in [5.74, 6) is 6.23. The van der Waals surface area contributed by atoms with Gasteiger partial charge in [0, 0.05) is 31.8 Å². The summed E-state index contributed by atoms with van der Waals surface area (Å²) in [6.07, 6.45) is 2.65. The highest BCUT2D eigenvalue weighted by Gasteiger charge is 2.40. The Morgan fingerprint density at radius 2 is 1.98 bits per heavy atom. The highest BCUT2D eigenvalue weighted by atomic mass is 35.5. The van der Waals surface area contributed by atoms with Gasteiger partial charge in [0.15, 0.2) is 11.5 Å². The number of halogens is 1. The number of anilines is 1. The van der Waals surface area contributed by atoms with Gasteiger partial charge in [-0.25, -0.2) is 19.3 Å². The van der Waals surface area contributed by atoms with Gasteiger partial charge >= 0.3 is 12.2 Å². The molecule has 2 atom stereocenters. The molecular formula is C30H34ClN7O5. The number of carbonyl (C=O) groups is 2. The van der Waals surface area contributed by atoms with Gasteiger partial charge in [-0.05, 0) is 65.0 Å². The predicted molar refractivity (Wildman–Crippen MR) is 159 cm³/mol. The van der Waals surface area contributed by atoms with Gasteiger partial charge in [-0.15, -0.1) is 0 Å². The third-order valence-electron chi connectivity index (χ3n) is 7.45. The Bertz CT molecular complexity index is 1670. The van der Waals surface area contributed by atoms with Crippen LogP contribution in [-0.4, -0.2) is 80.0 Å². The first kappa shape index (κ1) is 30.2. The molecule has 5 rings (SSSR count). The first-order valence-electron chi connectivity index (χ1n) is 14.1. The van der Waals surface area contributed by atoms with E-state index >= 15 is 0 Å². The van der Waals surface area contributed by atoms with Gasteiger partial charge in [0.2, 0.25) is 0 Å². The van der Waals surface area contributed by atoms with E-state index in [1.54, 1.807) is 27.7 Å². The van der Waals surface area contributed by atoms with Crippen molar-refractivity contribution >= 4 is 40.6 Å². The van der Waals surface area contributed by atoms with E-state index in [1.165, 1.54) is 21.6 Å². The molecule has 1 N–H and O–H groups in total. The van der Waals surface area contributed by atoms with Crippen LogP contribution in [0.3, 0.4) is 0 Å². The lowest BCUT2D eigenvalue weighted by molar-refractivity contribution is 0.0579. The Hall–Kier alpha value is -4.26. The lowest BCUT2D eigenvalue weighted by atomic mass is 10.1. The third-order valence-corrected chi connectivity index (χ3v) is 7.76. The summed E-state index contributed by atoms with van der Waals surface area (Å²) in [5, 5.41) is 25.3. The van der Waals surface area contributed by atoms with Crippen molar-refractivity contribution in [2.75, 3.05) is 31.7 Å². The van der Waals surface area contributed by atoms with E-state index in [1.807, 2.05) is 18.5 Å². The lowest BCUT2D eigenvalue weighted by Crippen LogP contribution is -2.39. The monoisotopic (exact) mass is 607 g/mol. The Morgan fingerprint density at radius 1 is 1.23 bits per heavy atom. The van der Waals surface area contributed by atoms with Crippen LogP contribution in [0.5, 0.6) is 0 Å². The number of hydrogen-bond acceptors (Lipinski definition) is 7. The zero-order valence-corrected chi connectivity index (χ0v) is 25.6. The van der Waals surface area contributed by atoms with Gasteiger partial charge < -0.3 is 24.0 Å². The highest BCUT2D eigenvalue weighted by molar-refractivity contribution is 6.32. The minimum Gasteiger partial charge on any atom is -0.465 e. The largest absolute Gasteiger partial charge is 0.465 e. The zero-order chi connectivity index (χ0) is 31.1. The standard InChI is InChI=1S/C30H34ClN7O5/c1-6-35(29(41)43-30(2,3)4)27-22(14-32)24(34-38(27)20-12-21(16-42-5)36(15-20)28(39)40)10-7-18-11-25-26(13-23(18)31)37(17-33-25)19-8-9-19/h11,13,17,19-21H,6,8-9,12,15-16H2,1-5H3,(H,39,40)/t20-,21+/m0/s1. The van der Waals surface area contributed by atoms with Crippen LogP contribution in [-0.2, 0) is 9.47 Å². The number of ether oxygens (including phenoxy) is 2. The molecule has 1 aliphatic heterocycles. The average molecular weight is 608 g/mol. The summed E-state index contributed by atoms with van der Waals surface area (Å²) < 4.78 is 14.6. The lowest BCUT2D eigenvalue weighted by Gasteiger charge is -2.28. The van der Waals surface area contributed by atoms with Crippen molar-refractivity contribution in [1.29, 1.82) is 5.26 Å². The predicted octanol–water partition coefficient (Wildman–Crippen LogP) is 5.19. The maximum Gasteiger partial charge on any atom is 0.416 e. The number of nitriles is 1. The van der Waals surface area contributed by atoms with Gasteiger partial charge in [0.1, 0.15) is 17.2 Å². The van der Waals surface area contributed by atoms with Crippen LogP contribution in [0.1, 0.15) is 75.9 Å². The second kappa shape index (κ2) is 11.8. The van der Waals surface area contributed by atoms with E-state index in [9.17, 15) is 20.0 Å². The van der Waals surface area contributed by atoms with Crippen LogP contribution in [0.15, 0.2) is 18.5 Å². The van der Waals surface area contributed by atoms with Crippen molar-refractivity contribution in [3.8, 4) is 17.9 Å². The SMILES string of the molecule is CCN(C(=O)OC(C)(C)C)c1c(C#N)c(C#Cc2cc3ncn(C4CC4)c3cc2Cl)nn1[C@H]1C[C@H](COC)N(C(=O)O)C1. The van der Waals surface area contributed by atoms with Crippen molar-refractivity contribution in [2.24, 2.45) is 0 Å². The second-order valence-corrected chi connectivity index (χ2v) is 12.1. The topological polar surface area (TPSA) is 139 Å². The van der Waals surface area contributed by atoms with Crippen LogP contribution < -0.4 is 4.90 Å². The Labute approximate surface area is 254 Å². The zero-order valence-electron chi connectivity index (χ0n) is 24.8. The molecule has 0 spiro atoms. The fraction of sp³-hybridized carbons (Fsp3) is 0.500. The smallest absolute Gasteiger partial charge is 0.416 e. The molecule has 1 saturated carbocycles. The number of nitrogens with zero attached hydrogens (tertiary/aromatic N) is 7. The number of imidazole rings is 1. The fourth-order valence-corrected chi connectivity index (χ4v) is 5.58. The maximum absolute atomic E-state index is 13.3. The molecule has 13 heteroatoms. The first-order chi connectivity index (χ1) is 20.4. The molecule has 226 valence electrons. The number of carboxylic acid groups (broad SMARTS) is 1. The highest BCUT2D eigenvalue weighted by Crippen LogP contribution is 2.38. The molecular weight excluding hydrogens is 574 g/mol. The molecule has 12 nitrogen and oxygen atoms in total. The molecule has 2 aliphatic rings. The van der Waals surface area contributed by atoms with Gasteiger partial charge in [0.25, 0.3) is 0 Å². The quantitative estimate of drug-likeness (QED) is 0.378. The Balaban J connectivity index is 1.60. The molecule has 1 aliphatic carbocycles. The molecule has 0 radical (unpaired) electrons. The van der Waals surface area contributed by atoms with Gasteiger partial charge in [-0.3, -0.25) is 4.90 Å². The van der Waals surface area contributed by atoms with Crippen molar-refractivity contribution in [2.45, 2.75) is 70.7 Å². The number of methoxy groups -OCH3 is 1. The number of aromatic nitrogens is 4. The average Bonchev–Trinajstić information content (AvgIpc) is 3.40.